The average molecular weight is 258 g/mol. The molecule has 2 rings (SSSR count). The van der Waals surface area contributed by atoms with Crippen molar-refractivity contribution in [3.8, 4) is 5.75 Å². The Hall–Kier alpha value is -1.10. The van der Waals surface area contributed by atoms with Crippen LogP contribution in [0.2, 0.25) is 0 Å². The van der Waals surface area contributed by atoms with Crippen LogP contribution in [0.4, 0.5) is 0 Å². The van der Waals surface area contributed by atoms with Gasteiger partial charge in [0.1, 0.15) is 10.2 Å². The lowest BCUT2D eigenvalue weighted by Gasteiger charge is -2.08. The van der Waals surface area contributed by atoms with Crippen molar-refractivity contribution in [2.45, 2.75) is 18.9 Å². The molecule has 0 radical (unpaired) electrons. The van der Waals surface area contributed by atoms with Crippen molar-refractivity contribution in [2.24, 2.45) is 0 Å². The molecule has 4 nitrogen and oxygen atoms in total. The zero-order valence-corrected chi connectivity index (χ0v) is 8.82. The normalized spacial score (nSPS) is 15.2. The largest absolute Gasteiger partial charge is 0.487 e. The standard InChI is InChI=1S/C9H8BrNO3/c10-8-7(14-5-1-2-5)6(9(12)13)3-4-11-8/h3-5H,1-2H2,(H,12,13). The van der Waals surface area contributed by atoms with Crippen molar-refractivity contribution >= 4 is 21.9 Å². The van der Waals surface area contributed by atoms with Gasteiger partial charge in [-0.2, -0.15) is 0 Å². The maximum Gasteiger partial charge on any atom is 0.339 e. The second-order valence-electron chi connectivity index (χ2n) is 3.10. The van der Waals surface area contributed by atoms with Gasteiger partial charge in [0.15, 0.2) is 5.75 Å². The Labute approximate surface area is 89.0 Å². The lowest BCUT2D eigenvalue weighted by Crippen LogP contribution is -2.05. The molecule has 14 heavy (non-hydrogen) atoms. The first-order valence-corrected chi connectivity index (χ1v) is 5.02. The fourth-order valence-electron chi connectivity index (χ4n) is 1.06. The number of rotatable bonds is 3. The molecule has 1 N–H and O–H groups in total. The molecule has 0 spiro atoms. The molecular formula is C9H8BrNO3. The van der Waals surface area contributed by atoms with Gasteiger partial charge in [-0.3, -0.25) is 0 Å². The van der Waals surface area contributed by atoms with Crippen LogP contribution in [0.3, 0.4) is 0 Å². The smallest absolute Gasteiger partial charge is 0.339 e. The van der Waals surface area contributed by atoms with Gasteiger partial charge in [0.05, 0.1) is 6.10 Å². The van der Waals surface area contributed by atoms with E-state index >= 15 is 0 Å². The quantitative estimate of drug-likeness (QED) is 0.843. The second-order valence-corrected chi connectivity index (χ2v) is 3.85. The summed E-state index contributed by atoms with van der Waals surface area (Å²) < 4.78 is 5.91. The molecule has 1 heterocycles. The topological polar surface area (TPSA) is 59.4 Å². The lowest BCUT2D eigenvalue weighted by atomic mass is 10.2. The Kier molecular flexibility index (Phi) is 2.41. The maximum atomic E-state index is 10.8. The average Bonchev–Trinajstić information content (AvgIpc) is 2.91. The molecule has 0 bridgehead atoms. The first-order chi connectivity index (χ1) is 6.68. The Bertz CT molecular complexity index is 376. The number of pyridine rings is 1. The number of nitrogens with zero attached hydrogens (tertiary/aromatic N) is 1. The summed E-state index contributed by atoms with van der Waals surface area (Å²) in [4.78, 5) is 14.8. The van der Waals surface area contributed by atoms with E-state index in [0.717, 1.165) is 12.8 Å². The first-order valence-electron chi connectivity index (χ1n) is 4.23. The highest BCUT2D eigenvalue weighted by atomic mass is 79.9. The summed E-state index contributed by atoms with van der Waals surface area (Å²) in [5.74, 6) is -0.661. The van der Waals surface area contributed by atoms with Crippen LogP contribution in [0.15, 0.2) is 16.9 Å². The van der Waals surface area contributed by atoms with Crippen LogP contribution < -0.4 is 4.74 Å². The van der Waals surface area contributed by atoms with Gasteiger partial charge in [0.25, 0.3) is 0 Å². The molecule has 1 aliphatic carbocycles. The van der Waals surface area contributed by atoms with Crippen LogP contribution in [-0.4, -0.2) is 22.2 Å². The number of ether oxygens (including phenoxy) is 1. The van der Waals surface area contributed by atoms with Crippen LogP contribution in [0.25, 0.3) is 0 Å². The summed E-state index contributed by atoms with van der Waals surface area (Å²) in [6.45, 7) is 0. The molecule has 1 aromatic heterocycles. The molecule has 0 unspecified atom stereocenters. The highest BCUT2D eigenvalue weighted by Crippen LogP contribution is 2.33. The molecule has 0 aromatic carbocycles. The molecule has 1 aliphatic rings. The van der Waals surface area contributed by atoms with Crippen LogP contribution in [0.1, 0.15) is 23.2 Å². The second kappa shape index (κ2) is 3.57. The minimum atomic E-state index is -0.997. The summed E-state index contributed by atoms with van der Waals surface area (Å²) in [5, 5.41) is 8.89. The molecule has 1 saturated carbocycles. The fraction of sp³-hybridized carbons (Fsp3) is 0.333. The SMILES string of the molecule is O=C(O)c1ccnc(Br)c1OC1CC1. The summed E-state index contributed by atoms with van der Waals surface area (Å²) in [6.07, 6.45) is 3.57. The van der Waals surface area contributed by atoms with Gasteiger partial charge in [-0.15, -0.1) is 0 Å². The summed E-state index contributed by atoms with van der Waals surface area (Å²) in [5.41, 5.74) is 0.152. The van der Waals surface area contributed by atoms with Crippen molar-refractivity contribution in [3.63, 3.8) is 0 Å². The Balaban J connectivity index is 2.36. The number of carboxylic acids is 1. The third-order valence-corrected chi connectivity index (χ3v) is 2.47. The van der Waals surface area contributed by atoms with Gasteiger partial charge in [-0.1, -0.05) is 0 Å². The van der Waals surface area contributed by atoms with E-state index in [-0.39, 0.29) is 11.7 Å². The summed E-state index contributed by atoms with van der Waals surface area (Å²) in [6, 6.07) is 1.44. The molecule has 0 saturated heterocycles. The maximum absolute atomic E-state index is 10.8. The van der Waals surface area contributed by atoms with E-state index in [2.05, 4.69) is 20.9 Å². The monoisotopic (exact) mass is 257 g/mol. The van der Waals surface area contributed by atoms with Gasteiger partial charge in [-0.25, -0.2) is 9.78 Å². The third kappa shape index (κ3) is 1.87. The van der Waals surface area contributed by atoms with Gasteiger partial charge in [0, 0.05) is 6.20 Å². The summed E-state index contributed by atoms with van der Waals surface area (Å²) in [7, 11) is 0. The van der Waals surface area contributed by atoms with E-state index < -0.39 is 5.97 Å². The molecule has 0 atom stereocenters. The zero-order chi connectivity index (χ0) is 10.1. The predicted molar refractivity (Wildman–Crippen MR) is 52.5 cm³/mol. The van der Waals surface area contributed by atoms with E-state index in [4.69, 9.17) is 9.84 Å². The van der Waals surface area contributed by atoms with E-state index in [9.17, 15) is 4.79 Å². The molecular weight excluding hydrogens is 250 g/mol. The van der Waals surface area contributed by atoms with Crippen molar-refractivity contribution in [1.82, 2.24) is 4.98 Å². The fourth-order valence-corrected chi connectivity index (χ4v) is 1.48. The molecule has 5 heteroatoms. The number of carboxylic acid groups (broad SMARTS) is 1. The minimum absolute atomic E-state index is 0.152. The van der Waals surface area contributed by atoms with E-state index in [1.165, 1.54) is 12.3 Å². The predicted octanol–water partition coefficient (Wildman–Crippen LogP) is 2.08. The highest BCUT2D eigenvalue weighted by Gasteiger charge is 2.27. The molecule has 1 aromatic rings. The molecule has 1 fully saturated rings. The minimum Gasteiger partial charge on any atom is -0.487 e. The van der Waals surface area contributed by atoms with Crippen molar-refractivity contribution < 1.29 is 14.6 Å². The van der Waals surface area contributed by atoms with Crippen LogP contribution in [0, 0.1) is 0 Å². The Morgan fingerprint density at radius 2 is 2.36 bits per heavy atom. The van der Waals surface area contributed by atoms with Crippen LogP contribution in [-0.2, 0) is 0 Å². The van der Waals surface area contributed by atoms with Gasteiger partial charge < -0.3 is 9.84 Å². The molecule has 74 valence electrons. The Morgan fingerprint density at radius 1 is 1.64 bits per heavy atom. The zero-order valence-electron chi connectivity index (χ0n) is 7.24. The van der Waals surface area contributed by atoms with Gasteiger partial charge in [0.2, 0.25) is 0 Å². The third-order valence-electron chi connectivity index (χ3n) is 1.90. The van der Waals surface area contributed by atoms with Gasteiger partial charge in [-0.05, 0) is 34.8 Å². The van der Waals surface area contributed by atoms with Crippen LogP contribution in [0.5, 0.6) is 5.75 Å². The first kappa shape index (κ1) is 9.45. The van der Waals surface area contributed by atoms with Crippen molar-refractivity contribution in [2.75, 3.05) is 0 Å². The van der Waals surface area contributed by atoms with Crippen molar-refractivity contribution in [1.29, 1.82) is 0 Å². The van der Waals surface area contributed by atoms with Crippen LogP contribution >= 0.6 is 15.9 Å². The highest BCUT2D eigenvalue weighted by molar-refractivity contribution is 9.10. The Morgan fingerprint density at radius 3 is 2.93 bits per heavy atom. The van der Waals surface area contributed by atoms with Crippen molar-refractivity contribution in [3.05, 3.63) is 22.4 Å². The number of aromatic carboxylic acids is 1. The molecule has 0 aliphatic heterocycles. The number of aromatic nitrogens is 1. The number of hydrogen-bond donors (Lipinski definition) is 1. The van der Waals surface area contributed by atoms with E-state index in [0.29, 0.717) is 10.4 Å². The van der Waals surface area contributed by atoms with E-state index in [1.807, 2.05) is 0 Å². The summed E-state index contributed by atoms with van der Waals surface area (Å²) >= 11 is 3.17. The van der Waals surface area contributed by atoms with Gasteiger partial charge >= 0.3 is 5.97 Å². The number of halogens is 1. The number of hydrogen-bond acceptors (Lipinski definition) is 3. The van der Waals surface area contributed by atoms with E-state index in [1.54, 1.807) is 0 Å². The molecule has 0 amide bonds. The lowest BCUT2D eigenvalue weighted by molar-refractivity contribution is 0.0691. The number of carbonyl (C=O) groups is 1.